The number of allylic oxidation sites excluding steroid dienone is 2. The molecule has 0 bridgehead atoms. The van der Waals surface area contributed by atoms with E-state index in [0.29, 0.717) is 23.7 Å². The van der Waals surface area contributed by atoms with E-state index in [-0.39, 0.29) is 0 Å². The quantitative estimate of drug-likeness (QED) is 0.173. The van der Waals surface area contributed by atoms with Crippen LogP contribution in [-0.4, -0.2) is 0 Å². The Labute approximate surface area is 266 Å². The Bertz CT molecular complexity index is 1850. The maximum atomic E-state index is 3.90. The second-order valence-electron chi connectivity index (χ2n) is 13.3. The highest BCUT2D eigenvalue weighted by atomic mass is 14.9. The summed E-state index contributed by atoms with van der Waals surface area (Å²) in [5.41, 5.74) is 10.5. The fourth-order valence-electron chi connectivity index (χ4n) is 6.60. The van der Waals surface area contributed by atoms with Crippen LogP contribution in [-0.2, 0) is 0 Å². The van der Waals surface area contributed by atoms with Gasteiger partial charge in [0.05, 0.1) is 0 Å². The zero-order valence-electron chi connectivity index (χ0n) is 28.4. The van der Waals surface area contributed by atoms with Crippen LogP contribution in [0.5, 0.6) is 0 Å². The van der Waals surface area contributed by atoms with Crippen molar-refractivity contribution >= 4 is 38.5 Å². The van der Waals surface area contributed by atoms with Gasteiger partial charge in [0.15, 0.2) is 0 Å². The summed E-state index contributed by atoms with van der Waals surface area (Å²) in [5.74, 6) is 1.85. The highest BCUT2D eigenvalue weighted by Gasteiger charge is 2.20. The normalized spacial score (nSPS) is 14.2. The van der Waals surface area contributed by atoms with Crippen LogP contribution in [0.25, 0.3) is 38.2 Å². The van der Waals surface area contributed by atoms with E-state index in [4.69, 9.17) is 0 Å². The minimum Gasteiger partial charge on any atom is -0.355 e. The lowest BCUT2D eigenvalue weighted by atomic mass is 9.83. The summed E-state index contributed by atoms with van der Waals surface area (Å²) in [5, 5.41) is 10.7. The minimum atomic E-state index is 0.442. The summed E-state index contributed by atoms with van der Waals surface area (Å²) in [6.45, 7) is 20.6. The van der Waals surface area contributed by atoms with Gasteiger partial charge in [0.1, 0.15) is 0 Å². The molecule has 2 atom stereocenters. The van der Waals surface area contributed by atoms with Crippen LogP contribution < -0.4 is 10.5 Å². The van der Waals surface area contributed by atoms with Gasteiger partial charge in [-0.1, -0.05) is 128 Å². The maximum Gasteiger partial charge on any atom is 0.0467 e. The first-order valence-electron chi connectivity index (χ1n) is 16.8. The molecule has 0 aliphatic rings. The zero-order chi connectivity index (χ0) is 31.5. The second-order valence-corrected chi connectivity index (χ2v) is 13.3. The minimum absolute atomic E-state index is 0.442. The van der Waals surface area contributed by atoms with Crippen molar-refractivity contribution in [3.8, 4) is 11.1 Å². The summed E-state index contributed by atoms with van der Waals surface area (Å²) >= 11 is 0. The molecule has 0 amide bonds. The lowest BCUT2D eigenvalue weighted by Gasteiger charge is -2.23. The lowest BCUT2D eigenvalue weighted by molar-refractivity contribution is 0.718. The molecule has 1 nitrogen and oxygen atoms in total. The van der Waals surface area contributed by atoms with Crippen molar-refractivity contribution in [3.63, 3.8) is 0 Å². The Morgan fingerprint density at radius 1 is 0.705 bits per heavy atom. The van der Waals surface area contributed by atoms with Crippen molar-refractivity contribution in [1.82, 2.24) is 0 Å². The Morgan fingerprint density at radius 3 is 2.05 bits per heavy atom. The largest absolute Gasteiger partial charge is 0.355 e. The van der Waals surface area contributed by atoms with E-state index in [1.54, 1.807) is 0 Å². The van der Waals surface area contributed by atoms with Crippen molar-refractivity contribution in [2.75, 3.05) is 5.32 Å². The molecule has 0 aliphatic heterocycles. The summed E-state index contributed by atoms with van der Waals surface area (Å²) < 4.78 is 0. The Morgan fingerprint density at radius 2 is 1.39 bits per heavy atom. The highest BCUT2D eigenvalue weighted by Crippen LogP contribution is 2.42. The van der Waals surface area contributed by atoms with Gasteiger partial charge in [-0.05, 0) is 116 Å². The average Bonchev–Trinajstić information content (AvgIpc) is 3.04. The van der Waals surface area contributed by atoms with Crippen molar-refractivity contribution < 1.29 is 0 Å². The molecule has 0 aliphatic carbocycles. The number of nitrogens with one attached hydrogen (secondary N) is 1. The van der Waals surface area contributed by atoms with E-state index in [0.717, 1.165) is 18.5 Å². The van der Waals surface area contributed by atoms with Gasteiger partial charge in [0.25, 0.3) is 0 Å². The molecule has 0 fully saturated rings. The third kappa shape index (κ3) is 6.07. The van der Waals surface area contributed by atoms with Gasteiger partial charge < -0.3 is 5.32 Å². The van der Waals surface area contributed by atoms with Crippen LogP contribution in [0.2, 0.25) is 0 Å². The Hall–Kier alpha value is -3.84. The van der Waals surface area contributed by atoms with E-state index in [2.05, 4.69) is 159 Å². The van der Waals surface area contributed by atoms with Gasteiger partial charge in [0.2, 0.25) is 0 Å². The third-order valence-corrected chi connectivity index (χ3v) is 9.70. The van der Waals surface area contributed by atoms with Crippen LogP contribution in [0, 0.1) is 5.92 Å². The monoisotopic (exact) mass is 581 g/mol. The molecule has 0 radical (unpaired) electrons. The molecule has 0 spiro atoms. The molecule has 1 N–H and O–H groups in total. The standard InChI is InChI=1S/C43H51N/c1-10-15-35(29(8)11-2)37-22-23-39-41(44-34-19-14-17-32(25-34)28(6)7)26-40(30(9)12-3)38-21-20-36(42(37)43(38)39)33-18-13-16-31(24-33)27(4)5/h10,13-30,44H,11-12H2,1-9H3/b15-10+,37-35+. The predicted molar refractivity (Wildman–Crippen MR) is 196 cm³/mol. The van der Waals surface area contributed by atoms with Crippen molar-refractivity contribution in [1.29, 1.82) is 0 Å². The Balaban J connectivity index is 1.96. The van der Waals surface area contributed by atoms with E-state index >= 15 is 0 Å². The SMILES string of the molecule is C/C=C/C(=c1/ccc2c(Nc3cccc(C(C)C)c3)cc(C(C)CC)c3ccc(-c4cccc(C(C)C)c4)c1c23)C(C)CC. The molecule has 0 heterocycles. The molecule has 5 aromatic carbocycles. The molecule has 5 rings (SSSR count). The van der Waals surface area contributed by atoms with Crippen molar-refractivity contribution in [2.45, 2.75) is 92.9 Å². The summed E-state index contributed by atoms with van der Waals surface area (Å²) in [4.78, 5) is 0. The molecule has 2 unspecified atom stereocenters. The van der Waals surface area contributed by atoms with Gasteiger partial charge in [-0.15, -0.1) is 0 Å². The lowest BCUT2D eigenvalue weighted by Crippen LogP contribution is -2.13. The number of hydrogen-bond donors (Lipinski definition) is 1. The molecule has 0 saturated heterocycles. The molecule has 1 heteroatoms. The molecule has 0 aromatic heterocycles. The number of hydrogen-bond acceptors (Lipinski definition) is 1. The summed E-state index contributed by atoms with van der Waals surface area (Å²) in [6, 6.07) is 30.1. The van der Waals surface area contributed by atoms with Crippen molar-refractivity contribution in [2.24, 2.45) is 5.92 Å². The fraction of sp³-hybridized carbons (Fsp3) is 0.349. The van der Waals surface area contributed by atoms with Gasteiger partial charge in [-0.2, -0.15) is 0 Å². The first kappa shape index (κ1) is 31.6. The smallest absolute Gasteiger partial charge is 0.0467 e. The molecular formula is C43H51N. The number of rotatable bonds is 10. The van der Waals surface area contributed by atoms with Crippen LogP contribution >= 0.6 is 0 Å². The molecular weight excluding hydrogens is 530 g/mol. The topological polar surface area (TPSA) is 12.0 Å². The fourth-order valence-corrected chi connectivity index (χ4v) is 6.60. The van der Waals surface area contributed by atoms with Crippen molar-refractivity contribution in [3.05, 3.63) is 113 Å². The van der Waals surface area contributed by atoms with Gasteiger partial charge >= 0.3 is 0 Å². The van der Waals surface area contributed by atoms with Gasteiger partial charge in [-0.25, -0.2) is 0 Å². The van der Waals surface area contributed by atoms with E-state index in [1.165, 1.54) is 65.8 Å². The van der Waals surface area contributed by atoms with Crippen LogP contribution in [0.4, 0.5) is 11.4 Å². The molecule has 0 saturated carbocycles. The summed E-state index contributed by atoms with van der Waals surface area (Å²) in [6.07, 6.45) is 6.76. The first-order chi connectivity index (χ1) is 21.2. The summed E-state index contributed by atoms with van der Waals surface area (Å²) in [7, 11) is 0. The highest BCUT2D eigenvalue weighted by molar-refractivity contribution is 6.20. The van der Waals surface area contributed by atoms with Gasteiger partial charge in [0, 0.05) is 16.8 Å². The zero-order valence-corrected chi connectivity index (χ0v) is 28.4. The van der Waals surface area contributed by atoms with E-state index < -0.39 is 0 Å². The first-order valence-corrected chi connectivity index (χ1v) is 16.8. The number of anilines is 2. The third-order valence-electron chi connectivity index (χ3n) is 9.70. The van der Waals surface area contributed by atoms with E-state index in [1.807, 2.05) is 0 Å². The Kier molecular flexibility index (Phi) is 9.64. The van der Waals surface area contributed by atoms with E-state index in [9.17, 15) is 0 Å². The maximum absolute atomic E-state index is 3.90. The average molecular weight is 582 g/mol. The predicted octanol–water partition coefficient (Wildman–Crippen LogP) is 12.7. The van der Waals surface area contributed by atoms with Crippen LogP contribution in [0.3, 0.4) is 0 Å². The molecule has 228 valence electrons. The van der Waals surface area contributed by atoms with Gasteiger partial charge in [-0.3, -0.25) is 0 Å². The van der Waals surface area contributed by atoms with Crippen LogP contribution in [0.1, 0.15) is 110 Å². The molecule has 5 aromatic rings. The molecule has 44 heavy (non-hydrogen) atoms. The number of benzene rings is 5. The van der Waals surface area contributed by atoms with Crippen LogP contribution in [0.15, 0.2) is 91.0 Å². The second kappa shape index (κ2) is 13.4.